The van der Waals surface area contributed by atoms with Crippen molar-refractivity contribution in [3.8, 4) is 11.5 Å². The lowest BCUT2D eigenvalue weighted by Crippen LogP contribution is -2.18. The number of nitrogens with one attached hydrogen (secondary N) is 1. The van der Waals surface area contributed by atoms with E-state index in [4.69, 9.17) is 4.52 Å². The molecule has 0 saturated carbocycles. The summed E-state index contributed by atoms with van der Waals surface area (Å²) in [6.45, 7) is -1.16. The van der Waals surface area contributed by atoms with E-state index in [1.54, 1.807) is 0 Å². The maximum Gasteiger partial charge on any atom is 0.408 e. The molecule has 0 fully saturated rings. The first-order chi connectivity index (χ1) is 10.9. The Balaban J connectivity index is 1.72. The highest BCUT2D eigenvalue weighted by atomic mass is 19.4. The minimum Gasteiger partial charge on any atom is -0.338 e. The third kappa shape index (κ3) is 3.81. The van der Waals surface area contributed by atoms with E-state index in [9.17, 15) is 18.0 Å². The molecule has 0 radical (unpaired) electrons. The summed E-state index contributed by atoms with van der Waals surface area (Å²) in [4.78, 5) is 15.0. The predicted molar refractivity (Wildman–Crippen MR) is 69.2 cm³/mol. The van der Waals surface area contributed by atoms with Gasteiger partial charge in [0.15, 0.2) is 0 Å². The second kappa shape index (κ2) is 5.66. The normalized spacial score (nSPS) is 11.8. The van der Waals surface area contributed by atoms with Gasteiger partial charge in [0.2, 0.25) is 11.7 Å². The van der Waals surface area contributed by atoms with E-state index in [0.29, 0.717) is 11.4 Å². The van der Waals surface area contributed by atoms with Crippen LogP contribution in [-0.2, 0) is 13.0 Å². The number of nitrogens with zero attached hydrogens (tertiary/aromatic N) is 5. The third-order valence-corrected chi connectivity index (χ3v) is 2.75. The summed E-state index contributed by atoms with van der Waals surface area (Å²) in [6, 6.07) is 4.12. The molecule has 1 N–H and O–H groups in total. The van der Waals surface area contributed by atoms with E-state index in [-0.39, 0.29) is 23.7 Å². The number of alkyl halides is 3. The lowest BCUT2D eigenvalue weighted by molar-refractivity contribution is -0.142. The van der Waals surface area contributed by atoms with Gasteiger partial charge in [0.25, 0.3) is 5.56 Å². The van der Waals surface area contributed by atoms with Crippen LogP contribution in [-0.4, -0.2) is 36.3 Å². The summed E-state index contributed by atoms with van der Waals surface area (Å²) in [7, 11) is 0. The van der Waals surface area contributed by atoms with Crippen LogP contribution in [0.25, 0.3) is 11.5 Å². The topological polar surface area (TPSA) is 102 Å². The van der Waals surface area contributed by atoms with Gasteiger partial charge in [0.05, 0.1) is 12.1 Å². The quantitative estimate of drug-likeness (QED) is 0.772. The van der Waals surface area contributed by atoms with Gasteiger partial charge in [-0.1, -0.05) is 5.16 Å². The molecule has 0 saturated heterocycles. The SMILES string of the molecule is O=c1ccc(-c2noc(Cc3ccn(CC(F)(F)F)n3)n2)n[nH]1. The number of hydrogen-bond acceptors (Lipinski definition) is 6. The molecule has 8 nitrogen and oxygen atoms in total. The molecule has 0 bridgehead atoms. The fourth-order valence-electron chi connectivity index (χ4n) is 1.82. The molecular weight excluding hydrogens is 317 g/mol. The lowest BCUT2D eigenvalue weighted by Gasteiger charge is -2.05. The second-order valence-electron chi connectivity index (χ2n) is 4.61. The number of H-pyrrole nitrogens is 1. The van der Waals surface area contributed by atoms with Crippen molar-refractivity contribution in [2.45, 2.75) is 19.1 Å². The van der Waals surface area contributed by atoms with Crippen LogP contribution < -0.4 is 5.56 Å². The molecule has 3 aromatic heterocycles. The van der Waals surface area contributed by atoms with Crippen LogP contribution in [0.5, 0.6) is 0 Å². The zero-order chi connectivity index (χ0) is 16.4. The zero-order valence-corrected chi connectivity index (χ0v) is 11.4. The summed E-state index contributed by atoms with van der Waals surface area (Å²) in [5.41, 5.74) is 0.300. The minimum atomic E-state index is -4.34. The Labute approximate surface area is 125 Å². The summed E-state index contributed by atoms with van der Waals surface area (Å²) < 4.78 is 42.6. The van der Waals surface area contributed by atoms with E-state index in [2.05, 4.69) is 25.4 Å². The van der Waals surface area contributed by atoms with Gasteiger partial charge in [-0.25, -0.2) is 5.10 Å². The van der Waals surface area contributed by atoms with Crippen molar-refractivity contribution >= 4 is 0 Å². The number of aromatic nitrogens is 6. The average Bonchev–Trinajstić information content (AvgIpc) is 3.08. The highest BCUT2D eigenvalue weighted by molar-refractivity contribution is 5.46. The molecule has 23 heavy (non-hydrogen) atoms. The standard InChI is InChI=1S/C12H9F3N6O2/c13-12(14,15)6-21-4-3-7(19-21)5-10-16-11(20-23-10)8-1-2-9(22)18-17-8/h1-4H,5-6H2,(H,18,22). The van der Waals surface area contributed by atoms with E-state index < -0.39 is 12.7 Å². The monoisotopic (exact) mass is 326 g/mol. The maximum atomic E-state index is 12.3. The van der Waals surface area contributed by atoms with E-state index in [1.165, 1.54) is 24.4 Å². The van der Waals surface area contributed by atoms with Gasteiger partial charge in [0.1, 0.15) is 12.2 Å². The summed E-state index contributed by atoms with van der Waals surface area (Å²) in [5, 5.41) is 13.5. The lowest BCUT2D eigenvalue weighted by atomic mass is 10.3. The molecule has 0 aliphatic heterocycles. The zero-order valence-electron chi connectivity index (χ0n) is 11.4. The Morgan fingerprint density at radius 2 is 2.09 bits per heavy atom. The molecule has 120 valence electrons. The van der Waals surface area contributed by atoms with Gasteiger partial charge >= 0.3 is 6.18 Å². The molecule has 11 heteroatoms. The molecular formula is C12H9F3N6O2. The van der Waals surface area contributed by atoms with Crippen molar-refractivity contribution in [3.05, 3.63) is 46.3 Å². The molecule has 0 aliphatic rings. The first-order valence-corrected chi connectivity index (χ1v) is 6.37. The Morgan fingerprint density at radius 3 is 2.78 bits per heavy atom. The number of rotatable bonds is 4. The van der Waals surface area contributed by atoms with Crippen molar-refractivity contribution in [3.63, 3.8) is 0 Å². The van der Waals surface area contributed by atoms with Crippen molar-refractivity contribution in [2.75, 3.05) is 0 Å². The Morgan fingerprint density at radius 1 is 1.26 bits per heavy atom. The highest BCUT2D eigenvalue weighted by Crippen LogP contribution is 2.17. The molecule has 0 spiro atoms. The minimum absolute atomic E-state index is 0.0845. The Bertz CT molecular complexity index is 846. The molecule has 0 aliphatic carbocycles. The molecule has 3 heterocycles. The van der Waals surface area contributed by atoms with Gasteiger partial charge in [-0.2, -0.15) is 28.4 Å². The van der Waals surface area contributed by atoms with Gasteiger partial charge in [0, 0.05) is 12.3 Å². The smallest absolute Gasteiger partial charge is 0.338 e. The van der Waals surface area contributed by atoms with Crippen LogP contribution in [0.2, 0.25) is 0 Å². The predicted octanol–water partition coefficient (Wildman–Crippen LogP) is 1.17. The number of aromatic amines is 1. The molecule has 3 rings (SSSR count). The van der Waals surface area contributed by atoms with Crippen LogP contribution in [0, 0.1) is 0 Å². The number of hydrogen-bond donors (Lipinski definition) is 1. The fourth-order valence-corrected chi connectivity index (χ4v) is 1.82. The Kier molecular flexibility index (Phi) is 3.68. The Hall–Kier alpha value is -2.98. The van der Waals surface area contributed by atoms with E-state index in [1.807, 2.05) is 0 Å². The van der Waals surface area contributed by atoms with Crippen molar-refractivity contribution < 1.29 is 17.7 Å². The van der Waals surface area contributed by atoms with Crippen molar-refractivity contribution in [1.29, 1.82) is 0 Å². The average molecular weight is 326 g/mol. The highest BCUT2D eigenvalue weighted by Gasteiger charge is 2.28. The summed E-state index contributed by atoms with van der Waals surface area (Å²) in [6.07, 6.45) is -3.03. The van der Waals surface area contributed by atoms with Gasteiger partial charge in [-0.15, -0.1) is 0 Å². The van der Waals surface area contributed by atoms with Gasteiger partial charge < -0.3 is 4.52 Å². The molecule has 0 aromatic carbocycles. The van der Waals surface area contributed by atoms with Crippen LogP contribution in [0.3, 0.4) is 0 Å². The van der Waals surface area contributed by atoms with Crippen molar-refractivity contribution in [1.82, 2.24) is 30.1 Å². The number of halogens is 3. The summed E-state index contributed by atoms with van der Waals surface area (Å²) in [5.74, 6) is 0.330. The van der Waals surface area contributed by atoms with Crippen molar-refractivity contribution in [2.24, 2.45) is 0 Å². The van der Waals surface area contributed by atoms with E-state index in [0.717, 1.165) is 4.68 Å². The van der Waals surface area contributed by atoms with Crippen LogP contribution >= 0.6 is 0 Å². The largest absolute Gasteiger partial charge is 0.408 e. The fraction of sp³-hybridized carbons (Fsp3) is 0.250. The van der Waals surface area contributed by atoms with E-state index >= 15 is 0 Å². The molecule has 3 aromatic rings. The third-order valence-electron chi connectivity index (χ3n) is 2.75. The summed E-state index contributed by atoms with van der Waals surface area (Å²) >= 11 is 0. The van der Waals surface area contributed by atoms with Crippen LogP contribution in [0.1, 0.15) is 11.6 Å². The maximum absolute atomic E-state index is 12.3. The van der Waals surface area contributed by atoms with Crippen LogP contribution in [0.4, 0.5) is 13.2 Å². The first kappa shape index (κ1) is 14.9. The molecule has 0 amide bonds. The molecule has 0 unspecified atom stereocenters. The second-order valence-corrected chi connectivity index (χ2v) is 4.61. The first-order valence-electron chi connectivity index (χ1n) is 6.37. The van der Waals surface area contributed by atoms with Crippen LogP contribution in [0.15, 0.2) is 33.7 Å². The van der Waals surface area contributed by atoms with Gasteiger partial charge in [-0.05, 0) is 12.1 Å². The molecule has 0 atom stereocenters. The van der Waals surface area contributed by atoms with Gasteiger partial charge in [-0.3, -0.25) is 9.48 Å².